The van der Waals surface area contributed by atoms with Crippen LogP contribution in [0.1, 0.15) is 30.9 Å². The minimum Gasteiger partial charge on any atom is -0.340 e. The number of nitrogens with zero attached hydrogens (tertiary/aromatic N) is 2. The fourth-order valence-corrected chi connectivity index (χ4v) is 2.54. The molecule has 1 heterocycles. The van der Waals surface area contributed by atoms with E-state index in [9.17, 15) is 0 Å². The average Bonchev–Trinajstić information content (AvgIpc) is 2.55. The van der Waals surface area contributed by atoms with Crippen molar-refractivity contribution in [2.24, 2.45) is 0 Å². The van der Waals surface area contributed by atoms with Gasteiger partial charge in [0, 0.05) is 11.1 Å². The first-order valence-corrected chi connectivity index (χ1v) is 7.83. The first kappa shape index (κ1) is 14.5. The maximum absolute atomic E-state index is 4.39. The third kappa shape index (κ3) is 3.25. The number of hydrogen-bond donors (Lipinski definition) is 1. The Balaban J connectivity index is 1.85. The van der Waals surface area contributed by atoms with Crippen LogP contribution in [0.3, 0.4) is 0 Å². The van der Waals surface area contributed by atoms with Crippen LogP contribution < -0.4 is 5.32 Å². The first-order chi connectivity index (χ1) is 10.8. The molecule has 0 aliphatic rings. The molecule has 0 saturated carbocycles. The highest BCUT2D eigenvalue weighted by molar-refractivity contribution is 5.90. The highest BCUT2D eigenvalue weighted by Crippen LogP contribution is 2.24. The monoisotopic (exact) mass is 291 g/mol. The summed E-state index contributed by atoms with van der Waals surface area (Å²) in [6.07, 6.45) is 5.22. The van der Waals surface area contributed by atoms with Gasteiger partial charge in [0.25, 0.3) is 0 Å². The SMILES string of the molecule is CCCCc1ccc(Nc2ncnc3ccc(C)cc23)cc1. The van der Waals surface area contributed by atoms with Gasteiger partial charge < -0.3 is 5.32 Å². The molecule has 1 N–H and O–H groups in total. The summed E-state index contributed by atoms with van der Waals surface area (Å²) < 4.78 is 0. The molecule has 0 radical (unpaired) electrons. The van der Waals surface area contributed by atoms with Crippen LogP contribution in [0.15, 0.2) is 48.8 Å². The van der Waals surface area contributed by atoms with Crippen molar-refractivity contribution in [2.75, 3.05) is 5.32 Å². The highest BCUT2D eigenvalue weighted by Gasteiger charge is 2.04. The summed E-state index contributed by atoms with van der Waals surface area (Å²) in [6, 6.07) is 14.8. The van der Waals surface area contributed by atoms with E-state index in [0.29, 0.717) is 0 Å². The molecular weight excluding hydrogens is 270 g/mol. The molecule has 2 aromatic carbocycles. The summed E-state index contributed by atoms with van der Waals surface area (Å²) in [6.45, 7) is 4.30. The van der Waals surface area contributed by atoms with Crippen LogP contribution in [0, 0.1) is 6.92 Å². The van der Waals surface area contributed by atoms with E-state index in [1.165, 1.54) is 24.0 Å². The Morgan fingerprint density at radius 1 is 1.00 bits per heavy atom. The largest absolute Gasteiger partial charge is 0.340 e. The number of benzene rings is 2. The Kier molecular flexibility index (Phi) is 4.33. The molecule has 22 heavy (non-hydrogen) atoms. The van der Waals surface area contributed by atoms with Gasteiger partial charge in [-0.05, 0) is 49.6 Å². The molecule has 0 fully saturated rings. The van der Waals surface area contributed by atoms with Gasteiger partial charge in [0.05, 0.1) is 5.52 Å². The van der Waals surface area contributed by atoms with Crippen molar-refractivity contribution in [1.29, 1.82) is 0 Å². The second-order valence-electron chi connectivity index (χ2n) is 5.67. The molecule has 0 unspecified atom stereocenters. The zero-order valence-electron chi connectivity index (χ0n) is 13.1. The summed E-state index contributed by atoms with van der Waals surface area (Å²) in [4.78, 5) is 8.71. The smallest absolute Gasteiger partial charge is 0.141 e. The van der Waals surface area contributed by atoms with Gasteiger partial charge in [-0.2, -0.15) is 0 Å². The highest BCUT2D eigenvalue weighted by atomic mass is 15.0. The molecule has 3 heteroatoms. The van der Waals surface area contributed by atoms with E-state index in [4.69, 9.17) is 0 Å². The van der Waals surface area contributed by atoms with Gasteiger partial charge in [-0.15, -0.1) is 0 Å². The number of rotatable bonds is 5. The molecule has 0 aliphatic carbocycles. The Morgan fingerprint density at radius 2 is 1.82 bits per heavy atom. The van der Waals surface area contributed by atoms with E-state index in [0.717, 1.165) is 28.8 Å². The van der Waals surface area contributed by atoms with Crippen molar-refractivity contribution in [2.45, 2.75) is 33.1 Å². The van der Waals surface area contributed by atoms with Gasteiger partial charge in [0.2, 0.25) is 0 Å². The third-order valence-corrected chi connectivity index (χ3v) is 3.83. The fourth-order valence-electron chi connectivity index (χ4n) is 2.54. The van der Waals surface area contributed by atoms with E-state index in [1.54, 1.807) is 6.33 Å². The van der Waals surface area contributed by atoms with Crippen LogP contribution in [0.4, 0.5) is 11.5 Å². The number of hydrogen-bond acceptors (Lipinski definition) is 3. The van der Waals surface area contributed by atoms with Crippen molar-refractivity contribution in [1.82, 2.24) is 9.97 Å². The second kappa shape index (κ2) is 6.56. The van der Waals surface area contributed by atoms with Crippen molar-refractivity contribution in [3.63, 3.8) is 0 Å². The number of aromatic nitrogens is 2. The van der Waals surface area contributed by atoms with E-state index >= 15 is 0 Å². The Labute approximate surface area is 131 Å². The third-order valence-electron chi connectivity index (χ3n) is 3.83. The maximum atomic E-state index is 4.39. The van der Waals surface area contributed by atoms with Gasteiger partial charge in [0.1, 0.15) is 12.1 Å². The van der Waals surface area contributed by atoms with Gasteiger partial charge in [-0.25, -0.2) is 9.97 Å². The predicted octanol–water partition coefficient (Wildman–Crippen LogP) is 5.02. The summed E-state index contributed by atoms with van der Waals surface area (Å²) in [5, 5.41) is 4.46. The number of anilines is 2. The topological polar surface area (TPSA) is 37.8 Å². The molecule has 3 aromatic rings. The van der Waals surface area contributed by atoms with E-state index in [2.05, 4.69) is 65.5 Å². The second-order valence-corrected chi connectivity index (χ2v) is 5.67. The van der Waals surface area contributed by atoms with E-state index in [-0.39, 0.29) is 0 Å². The molecule has 1 aromatic heterocycles. The summed E-state index contributed by atoms with van der Waals surface area (Å²) in [7, 11) is 0. The molecule has 3 rings (SSSR count). The van der Waals surface area contributed by atoms with Crippen molar-refractivity contribution in [3.05, 3.63) is 59.9 Å². The average molecular weight is 291 g/mol. The van der Waals surface area contributed by atoms with Crippen LogP contribution in [0.5, 0.6) is 0 Å². The number of aryl methyl sites for hydroxylation is 2. The quantitative estimate of drug-likeness (QED) is 0.717. The van der Waals surface area contributed by atoms with Crippen LogP contribution >= 0.6 is 0 Å². The van der Waals surface area contributed by atoms with Crippen molar-refractivity contribution in [3.8, 4) is 0 Å². The summed E-state index contributed by atoms with van der Waals surface area (Å²) in [5.41, 5.74) is 4.61. The van der Waals surface area contributed by atoms with Gasteiger partial charge >= 0.3 is 0 Å². The van der Waals surface area contributed by atoms with Crippen LogP contribution in [-0.4, -0.2) is 9.97 Å². The van der Waals surface area contributed by atoms with Crippen LogP contribution in [0.25, 0.3) is 10.9 Å². The van der Waals surface area contributed by atoms with Crippen molar-refractivity contribution >= 4 is 22.4 Å². The number of unbranched alkanes of at least 4 members (excludes halogenated alkanes) is 1. The van der Waals surface area contributed by atoms with Gasteiger partial charge in [-0.3, -0.25) is 0 Å². The van der Waals surface area contributed by atoms with E-state index in [1.807, 2.05) is 6.07 Å². The molecule has 0 amide bonds. The summed E-state index contributed by atoms with van der Waals surface area (Å²) in [5.74, 6) is 0.856. The Bertz CT molecular complexity index is 763. The molecule has 0 saturated heterocycles. The van der Waals surface area contributed by atoms with Crippen molar-refractivity contribution < 1.29 is 0 Å². The normalized spacial score (nSPS) is 10.8. The zero-order chi connectivity index (χ0) is 15.4. The van der Waals surface area contributed by atoms with E-state index < -0.39 is 0 Å². The minimum absolute atomic E-state index is 0.856. The standard InChI is InChI=1S/C19H21N3/c1-3-4-5-15-7-9-16(10-8-15)22-19-17-12-14(2)6-11-18(17)20-13-21-19/h6-13H,3-5H2,1-2H3,(H,20,21,22). The molecule has 0 bridgehead atoms. The number of nitrogens with one attached hydrogen (secondary N) is 1. The molecule has 3 nitrogen and oxygen atoms in total. The summed E-state index contributed by atoms with van der Waals surface area (Å²) >= 11 is 0. The van der Waals surface area contributed by atoms with Crippen LogP contribution in [0.2, 0.25) is 0 Å². The lowest BCUT2D eigenvalue weighted by atomic mass is 10.1. The van der Waals surface area contributed by atoms with Gasteiger partial charge in [0.15, 0.2) is 0 Å². The van der Waals surface area contributed by atoms with Crippen LogP contribution in [-0.2, 0) is 6.42 Å². The lowest BCUT2D eigenvalue weighted by Crippen LogP contribution is -1.96. The Morgan fingerprint density at radius 3 is 2.59 bits per heavy atom. The molecule has 0 atom stereocenters. The lowest BCUT2D eigenvalue weighted by molar-refractivity contribution is 0.795. The molecule has 0 spiro atoms. The Hall–Kier alpha value is -2.42. The molecule has 0 aliphatic heterocycles. The predicted molar refractivity (Wildman–Crippen MR) is 92.6 cm³/mol. The molecular formula is C19H21N3. The van der Waals surface area contributed by atoms with Gasteiger partial charge in [-0.1, -0.05) is 37.1 Å². The number of fused-ring (bicyclic) bond motifs is 1. The molecule has 112 valence electrons. The fraction of sp³-hybridized carbons (Fsp3) is 0.263. The maximum Gasteiger partial charge on any atom is 0.141 e. The zero-order valence-corrected chi connectivity index (χ0v) is 13.1. The first-order valence-electron chi connectivity index (χ1n) is 7.83. The minimum atomic E-state index is 0.856. The lowest BCUT2D eigenvalue weighted by Gasteiger charge is -2.09.